The highest BCUT2D eigenvalue weighted by Crippen LogP contribution is 2.18. The molecule has 0 bridgehead atoms. The number of carboxylic acids is 1. The Labute approximate surface area is 80.4 Å². The van der Waals surface area contributed by atoms with E-state index in [1.807, 2.05) is 0 Å². The minimum absolute atomic E-state index is 0.121. The fourth-order valence-electron chi connectivity index (χ4n) is 0.951. The predicted octanol–water partition coefficient (Wildman–Crippen LogP) is 0.597. The van der Waals surface area contributed by atoms with E-state index in [9.17, 15) is 14.3 Å². The van der Waals surface area contributed by atoms with Crippen LogP contribution in [0.2, 0.25) is 0 Å². The second kappa shape index (κ2) is 4.41. The molecule has 0 radical (unpaired) electrons. The normalized spacial score (nSPS) is 10.4. The van der Waals surface area contributed by atoms with Gasteiger partial charge in [0.1, 0.15) is 0 Å². The van der Waals surface area contributed by atoms with E-state index < -0.39 is 11.8 Å². The van der Waals surface area contributed by atoms with Crippen molar-refractivity contribution in [1.82, 2.24) is 0 Å². The maximum atomic E-state index is 13.1. The molecular formula is C10H8FO3-. The molecule has 1 aromatic carbocycles. The summed E-state index contributed by atoms with van der Waals surface area (Å²) in [6.07, 6.45) is 2.08. The lowest BCUT2D eigenvalue weighted by Crippen LogP contribution is -2.18. The van der Waals surface area contributed by atoms with Gasteiger partial charge in [-0.2, -0.15) is 0 Å². The van der Waals surface area contributed by atoms with Crippen LogP contribution in [0.3, 0.4) is 0 Å². The van der Waals surface area contributed by atoms with Gasteiger partial charge in [-0.25, -0.2) is 4.39 Å². The van der Waals surface area contributed by atoms with E-state index in [-0.39, 0.29) is 5.75 Å². The SMILES string of the molecule is COc1ccc(/C=C/C(=O)[O-])cc1F. The summed E-state index contributed by atoms with van der Waals surface area (Å²) in [5, 5.41) is 10.1. The largest absolute Gasteiger partial charge is 0.545 e. The molecule has 0 amide bonds. The molecule has 3 nitrogen and oxygen atoms in total. The first-order valence-electron chi connectivity index (χ1n) is 3.86. The van der Waals surface area contributed by atoms with Crippen molar-refractivity contribution in [1.29, 1.82) is 0 Å². The molecule has 0 spiro atoms. The Morgan fingerprint density at radius 2 is 2.29 bits per heavy atom. The Morgan fingerprint density at radius 1 is 1.57 bits per heavy atom. The number of halogens is 1. The van der Waals surface area contributed by atoms with Crippen LogP contribution in [0.15, 0.2) is 24.3 Å². The van der Waals surface area contributed by atoms with Crippen LogP contribution in [0.4, 0.5) is 4.39 Å². The van der Waals surface area contributed by atoms with Crippen molar-refractivity contribution in [3.8, 4) is 5.75 Å². The molecule has 14 heavy (non-hydrogen) atoms. The summed E-state index contributed by atoms with van der Waals surface area (Å²) >= 11 is 0. The lowest BCUT2D eigenvalue weighted by molar-refractivity contribution is -0.297. The molecular weight excluding hydrogens is 187 g/mol. The topological polar surface area (TPSA) is 49.4 Å². The van der Waals surface area contributed by atoms with Gasteiger partial charge in [-0.05, 0) is 23.8 Å². The number of hydrogen-bond acceptors (Lipinski definition) is 3. The number of benzene rings is 1. The molecule has 0 fully saturated rings. The molecule has 4 heteroatoms. The Hall–Kier alpha value is -1.84. The predicted molar refractivity (Wildman–Crippen MR) is 47.0 cm³/mol. The van der Waals surface area contributed by atoms with Gasteiger partial charge in [0.05, 0.1) is 13.1 Å². The third-order valence-electron chi connectivity index (χ3n) is 1.59. The van der Waals surface area contributed by atoms with Crippen LogP contribution in [-0.4, -0.2) is 13.1 Å². The van der Waals surface area contributed by atoms with Crippen molar-refractivity contribution >= 4 is 12.0 Å². The molecule has 0 saturated heterocycles. The molecule has 1 aromatic rings. The summed E-state index contributed by atoms with van der Waals surface area (Å²) in [6.45, 7) is 0. The first-order valence-corrected chi connectivity index (χ1v) is 3.86. The van der Waals surface area contributed by atoms with Crippen molar-refractivity contribution in [2.45, 2.75) is 0 Å². The fourth-order valence-corrected chi connectivity index (χ4v) is 0.951. The quantitative estimate of drug-likeness (QED) is 0.663. The first kappa shape index (κ1) is 10.2. The number of carboxylic acid groups (broad SMARTS) is 1. The summed E-state index contributed by atoms with van der Waals surface area (Å²) in [5.41, 5.74) is 0.438. The van der Waals surface area contributed by atoms with Crippen LogP contribution < -0.4 is 9.84 Å². The average Bonchev–Trinajstić information content (AvgIpc) is 2.15. The minimum atomic E-state index is -1.32. The third kappa shape index (κ3) is 2.58. The summed E-state index contributed by atoms with van der Waals surface area (Å²) in [4.78, 5) is 10.1. The molecule has 1 rings (SSSR count). The van der Waals surface area contributed by atoms with E-state index in [4.69, 9.17) is 4.74 Å². The zero-order valence-corrected chi connectivity index (χ0v) is 7.49. The van der Waals surface area contributed by atoms with Gasteiger partial charge >= 0.3 is 0 Å². The summed E-state index contributed by atoms with van der Waals surface area (Å²) in [7, 11) is 1.36. The van der Waals surface area contributed by atoms with Crippen LogP contribution in [-0.2, 0) is 4.79 Å². The van der Waals surface area contributed by atoms with E-state index in [0.29, 0.717) is 5.56 Å². The van der Waals surface area contributed by atoms with Crippen molar-refractivity contribution in [3.63, 3.8) is 0 Å². The molecule has 0 aliphatic heterocycles. The Bertz CT molecular complexity index is 372. The van der Waals surface area contributed by atoms with Crippen LogP contribution in [0.25, 0.3) is 6.08 Å². The first-order chi connectivity index (χ1) is 6.63. The molecule has 0 saturated carbocycles. The van der Waals surface area contributed by atoms with Gasteiger partial charge < -0.3 is 14.6 Å². The number of rotatable bonds is 3. The summed E-state index contributed by atoms with van der Waals surface area (Å²) in [6, 6.07) is 4.14. The fraction of sp³-hybridized carbons (Fsp3) is 0.100. The van der Waals surface area contributed by atoms with Gasteiger partial charge in [0.25, 0.3) is 0 Å². The lowest BCUT2D eigenvalue weighted by atomic mass is 10.2. The van der Waals surface area contributed by atoms with Crippen LogP contribution in [0, 0.1) is 5.82 Å². The summed E-state index contributed by atoms with van der Waals surface area (Å²) < 4.78 is 17.8. The van der Waals surface area contributed by atoms with Crippen molar-refractivity contribution in [2.24, 2.45) is 0 Å². The number of ether oxygens (including phenoxy) is 1. The zero-order chi connectivity index (χ0) is 10.6. The van der Waals surface area contributed by atoms with Gasteiger partial charge in [-0.15, -0.1) is 0 Å². The van der Waals surface area contributed by atoms with Gasteiger partial charge in [0.2, 0.25) is 0 Å². The molecule has 0 aliphatic rings. The van der Waals surface area contributed by atoms with Gasteiger partial charge in [-0.1, -0.05) is 12.1 Å². The highest BCUT2D eigenvalue weighted by atomic mass is 19.1. The van der Waals surface area contributed by atoms with Gasteiger partial charge in [0, 0.05) is 0 Å². The van der Waals surface area contributed by atoms with E-state index in [0.717, 1.165) is 6.08 Å². The monoisotopic (exact) mass is 195 g/mol. The number of hydrogen-bond donors (Lipinski definition) is 0. The maximum absolute atomic E-state index is 13.1. The molecule has 74 valence electrons. The highest BCUT2D eigenvalue weighted by Gasteiger charge is 2.00. The molecule has 0 aliphatic carbocycles. The second-order valence-corrected chi connectivity index (χ2v) is 2.55. The van der Waals surface area contributed by atoms with Crippen LogP contribution >= 0.6 is 0 Å². The third-order valence-corrected chi connectivity index (χ3v) is 1.59. The van der Waals surface area contributed by atoms with Gasteiger partial charge in [-0.3, -0.25) is 0 Å². The standard InChI is InChI=1S/C10H9FO3/c1-14-9-4-2-7(6-8(9)11)3-5-10(12)13/h2-6H,1H3,(H,12,13)/p-1/b5-3+. The van der Waals surface area contributed by atoms with E-state index in [1.165, 1.54) is 25.3 Å². The van der Waals surface area contributed by atoms with E-state index in [2.05, 4.69) is 0 Å². The van der Waals surface area contributed by atoms with E-state index in [1.54, 1.807) is 6.07 Å². The second-order valence-electron chi connectivity index (χ2n) is 2.55. The zero-order valence-electron chi connectivity index (χ0n) is 7.49. The van der Waals surface area contributed by atoms with Crippen molar-refractivity contribution in [2.75, 3.05) is 7.11 Å². The summed E-state index contributed by atoms with van der Waals surface area (Å²) in [5.74, 6) is -1.73. The van der Waals surface area contributed by atoms with Crippen LogP contribution in [0.1, 0.15) is 5.56 Å². The Kier molecular flexibility index (Phi) is 3.23. The van der Waals surface area contributed by atoms with Crippen LogP contribution in [0.5, 0.6) is 5.75 Å². The average molecular weight is 195 g/mol. The van der Waals surface area contributed by atoms with E-state index >= 15 is 0 Å². The minimum Gasteiger partial charge on any atom is -0.545 e. The number of carbonyl (C=O) groups is 1. The highest BCUT2D eigenvalue weighted by molar-refractivity contribution is 5.83. The number of carbonyl (C=O) groups excluding carboxylic acids is 1. The van der Waals surface area contributed by atoms with Crippen molar-refractivity contribution in [3.05, 3.63) is 35.7 Å². The number of methoxy groups -OCH3 is 1. The lowest BCUT2D eigenvalue weighted by Gasteiger charge is -2.01. The maximum Gasteiger partial charge on any atom is 0.165 e. The van der Waals surface area contributed by atoms with Gasteiger partial charge in [0.15, 0.2) is 11.6 Å². The molecule has 0 unspecified atom stereocenters. The molecule has 0 heterocycles. The molecule has 0 aromatic heterocycles. The van der Waals surface area contributed by atoms with Crippen molar-refractivity contribution < 1.29 is 19.0 Å². The number of aliphatic carboxylic acids is 1. The Balaban J connectivity index is 2.91. The molecule has 0 N–H and O–H groups in total. The smallest absolute Gasteiger partial charge is 0.165 e. The molecule has 0 atom stereocenters. The Morgan fingerprint density at radius 3 is 2.79 bits per heavy atom.